The largest absolute Gasteiger partial charge is 0.497 e. The standard InChI is InChI=1S/C51H50N6O6/c1-59-47-27-19-44(20-28-47)55-57-46-23-29-49(30-24-46)61-33-5-2-3-6-36-63-51(58)41-13-17-42(18-14-41)53-38-40-11-25-48(26-12-40)60-34-7-4-8-35-62-50-31-21-45(22-32-50)56-54-43-15-9-39(37-52)10-16-43/h9-32,38H,2-8,33-36H2,1H3. The molecule has 0 fully saturated rings. The highest BCUT2D eigenvalue weighted by molar-refractivity contribution is 5.90. The Hall–Kier alpha value is -7.65. The molecular formula is C51H50N6O6. The molecule has 0 radical (unpaired) electrons. The topological polar surface area (TPSA) is 149 Å². The number of hydrogen-bond acceptors (Lipinski definition) is 12. The molecule has 0 aliphatic rings. The van der Waals surface area contributed by atoms with Crippen molar-refractivity contribution in [3.63, 3.8) is 0 Å². The molecule has 0 aliphatic heterocycles. The van der Waals surface area contributed by atoms with Crippen LogP contribution >= 0.6 is 0 Å². The number of unbranched alkanes of at least 4 members (excludes halogenated alkanes) is 5. The van der Waals surface area contributed by atoms with E-state index < -0.39 is 0 Å². The Morgan fingerprint density at radius 1 is 0.476 bits per heavy atom. The molecule has 0 unspecified atom stereocenters. The Morgan fingerprint density at radius 2 is 0.857 bits per heavy atom. The molecule has 0 spiro atoms. The van der Waals surface area contributed by atoms with E-state index >= 15 is 0 Å². The minimum Gasteiger partial charge on any atom is -0.497 e. The fourth-order valence-corrected chi connectivity index (χ4v) is 5.94. The van der Waals surface area contributed by atoms with Crippen LogP contribution in [-0.2, 0) is 4.74 Å². The maximum absolute atomic E-state index is 12.6. The number of carbonyl (C=O) groups excluding carboxylic acids is 1. The summed E-state index contributed by atoms with van der Waals surface area (Å²) in [5.74, 6) is 2.82. The minimum absolute atomic E-state index is 0.339. The molecule has 63 heavy (non-hydrogen) atoms. The molecule has 0 N–H and O–H groups in total. The zero-order valence-corrected chi connectivity index (χ0v) is 35.3. The zero-order valence-electron chi connectivity index (χ0n) is 35.3. The first kappa shape index (κ1) is 44.9. The first-order valence-corrected chi connectivity index (χ1v) is 21.0. The van der Waals surface area contributed by atoms with Gasteiger partial charge in [-0.15, -0.1) is 0 Å². The molecule has 12 nitrogen and oxygen atoms in total. The van der Waals surface area contributed by atoms with Crippen LogP contribution in [0.15, 0.2) is 171 Å². The fourth-order valence-electron chi connectivity index (χ4n) is 5.94. The molecule has 12 heteroatoms. The number of nitrogens with zero attached hydrogens (tertiary/aromatic N) is 6. The van der Waals surface area contributed by atoms with Gasteiger partial charge in [-0.2, -0.15) is 25.7 Å². The highest BCUT2D eigenvalue weighted by Crippen LogP contribution is 2.25. The number of ether oxygens (including phenoxy) is 5. The van der Waals surface area contributed by atoms with Gasteiger partial charge in [-0.25, -0.2) is 4.79 Å². The van der Waals surface area contributed by atoms with E-state index in [2.05, 4.69) is 31.5 Å². The molecule has 6 aromatic carbocycles. The van der Waals surface area contributed by atoms with E-state index in [1.54, 1.807) is 61.9 Å². The predicted octanol–water partition coefficient (Wildman–Crippen LogP) is 13.6. The van der Waals surface area contributed by atoms with Crippen LogP contribution in [0.4, 0.5) is 28.4 Å². The second-order valence-corrected chi connectivity index (χ2v) is 14.3. The summed E-state index contributed by atoms with van der Waals surface area (Å²) < 4.78 is 28.3. The molecule has 0 heterocycles. The lowest BCUT2D eigenvalue weighted by Crippen LogP contribution is -2.06. The summed E-state index contributed by atoms with van der Waals surface area (Å²) in [5.41, 5.74) is 5.67. The van der Waals surface area contributed by atoms with Crippen LogP contribution in [0.3, 0.4) is 0 Å². The summed E-state index contributed by atoms with van der Waals surface area (Å²) in [6.07, 6.45) is 8.22. The molecule has 0 amide bonds. The molecule has 6 rings (SSSR count). The van der Waals surface area contributed by atoms with Crippen LogP contribution in [0, 0.1) is 11.3 Å². The maximum Gasteiger partial charge on any atom is 0.338 e. The van der Waals surface area contributed by atoms with E-state index in [1.165, 1.54) is 0 Å². The quantitative estimate of drug-likeness (QED) is 0.0255. The lowest BCUT2D eigenvalue weighted by atomic mass is 10.2. The van der Waals surface area contributed by atoms with Gasteiger partial charge in [-0.05, 0) is 196 Å². The second kappa shape index (κ2) is 25.2. The van der Waals surface area contributed by atoms with Crippen LogP contribution in [0.5, 0.6) is 23.0 Å². The van der Waals surface area contributed by atoms with Crippen LogP contribution in [0.25, 0.3) is 0 Å². The Kier molecular flexibility index (Phi) is 18.0. The smallest absolute Gasteiger partial charge is 0.338 e. The van der Waals surface area contributed by atoms with Crippen molar-refractivity contribution < 1.29 is 28.5 Å². The Bertz CT molecular complexity index is 2410. The second-order valence-electron chi connectivity index (χ2n) is 14.3. The lowest BCUT2D eigenvalue weighted by molar-refractivity contribution is 0.0497. The highest BCUT2D eigenvalue weighted by atomic mass is 16.5. The van der Waals surface area contributed by atoms with Crippen molar-refractivity contribution in [2.75, 3.05) is 33.5 Å². The first-order chi connectivity index (χ1) is 31.0. The number of esters is 1. The number of methoxy groups -OCH3 is 1. The molecule has 0 bridgehead atoms. The van der Waals surface area contributed by atoms with Crippen LogP contribution in [-0.4, -0.2) is 45.7 Å². The van der Waals surface area contributed by atoms with Gasteiger partial charge < -0.3 is 23.7 Å². The van der Waals surface area contributed by atoms with Gasteiger partial charge in [0.05, 0.1) is 79.2 Å². The normalized spacial score (nSPS) is 11.2. The van der Waals surface area contributed by atoms with Crippen molar-refractivity contribution in [1.29, 1.82) is 5.26 Å². The summed E-state index contributed by atoms with van der Waals surface area (Å²) in [6.45, 7) is 2.22. The van der Waals surface area contributed by atoms with Gasteiger partial charge in [0, 0.05) is 6.21 Å². The minimum atomic E-state index is -0.339. The molecule has 320 valence electrons. The predicted molar refractivity (Wildman–Crippen MR) is 245 cm³/mol. The van der Waals surface area contributed by atoms with E-state index in [0.29, 0.717) is 43.2 Å². The molecule has 0 saturated heterocycles. The average molecular weight is 843 g/mol. The lowest BCUT2D eigenvalue weighted by Gasteiger charge is -2.08. The third-order valence-corrected chi connectivity index (χ3v) is 9.52. The SMILES string of the molecule is COc1ccc(N=Nc2ccc(OCCCCCCOC(=O)c3ccc(N=Cc4ccc(OCCCCCOc5ccc(N=Nc6ccc(C#N)cc6)cc5)cc4)cc3)cc2)cc1. The third kappa shape index (κ3) is 16.0. The number of nitriles is 1. The van der Waals surface area contributed by atoms with Crippen molar-refractivity contribution >= 4 is 40.6 Å². The summed E-state index contributed by atoms with van der Waals surface area (Å²) in [5, 5.41) is 25.9. The van der Waals surface area contributed by atoms with Crippen LogP contribution < -0.4 is 18.9 Å². The number of carbonyl (C=O) groups is 1. The summed E-state index contributed by atoms with van der Waals surface area (Å²) in [6, 6.07) is 46.3. The van der Waals surface area contributed by atoms with Gasteiger partial charge >= 0.3 is 5.97 Å². The zero-order chi connectivity index (χ0) is 43.7. The van der Waals surface area contributed by atoms with E-state index in [4.69, 9.17) is 28.9 Å². The van der Waals surface area contributed by atoms with E-state index in [9.17, 15) is 4.79 Å². The third-order valence-electron chi connectivity index (χ3n) is 9.52. The number of rotatable bonds is 24. The summed E-state index contributed by atoms with van der Waals surface area (Å²) in [4.78, 5) is 17.1. The van der Waals surface area contributed by atoms with E-state index in [-0.39, 0.29) is 5.97 Å². The number of hydrogen-bond donors (Lipinski definition) is 0. The Morgan fingerprint density at radius 3 is 1.30 bits per heavy atom. The summed E-state index contributed by atoms with van der Waals surface area (Å²) >= 11 is 0. The van der Waals surface area contributed by atoms with E-state index in [0.717, 1.165) is 96.3 Å². The monoisotopic (exact) mass is 842 g/mol. The van der Waals surface area contributed by atoms with Crippen molar-refractivity contribution in [3.8, 4) is 29.1 Å². The number of aliphatic imine (C=N–C) groups is 1. The molecule has 6 aromatic rings. The van der Waals surface area contributed by atoms with Crippen molar-refractivity contribution in [2.24, 2.45) is 25.4 Å². The molecule has 0 aliphatic carbocycles. The molecule has 0 saturated carbocycles. The van der Waals surface area contributed by atoms with Gasteiger partial charge in [0.25, 0.3) is 0 Å². The molecular weight excluding hydrogens is 793 g/mol. The van der Waals surface area contributed by atoms with E-state index in [1.807, 2.05) is 97.1 Å². The Balaban J connectivity index is 0.771. The van der Waals surface area contributed by atoms with Crippen LogP contribution in [0.1, 0.15) is 66.4 Å². The van der Waals surface area contributed by atoms with Gasteiger partial charge in [0.2, 0.25) is 0 Å². The molecule has 0 aromatic heterocycles. The van der Waals surface area contributed by atoms with Crippen molar-refractivity contribution in [2.45, 2.75) is 44.9 Å². The average Bonchev–Trinajstić information content (AvgIpc) is 3.34. The van der Waals surface area contributed by atoms with Gasteiger partial charge in [0.15, 0.2) is 0 Å². The highest BCUT2D eigenvalue weighted by Gasteiger charge is 2.07. The van der Waals surface area contributed by atoms with Crippen molar-refractivity contribution in [3.05, 3.63) is 162 Å². The number of azo groups is 2. The summed E-state index contributed by atoms with van der Waals surface area (Å²) in [7, 11) is 1.63. The first-order valence-electron chi connectivity index (χ1n) is 21.0. The van der Waals surface area contributed by atoms with Crippen LogP contribution in [0.2, 0.25) is 0 Å². The van der Waals surface area contributed by atoms with Gasteiger partial charge in [-0.3, -0.25) is 4.99 Å². The van der Waals surface area contributed by atoms with Gasteiger partial charge in [0.1, 0.15) is 23.0 Å². The van der Waals surface area contributed by atoms with Gasteiger partial charge in [-0.1, -0.05) is 0 Å². The molecule has 0 atom stereocenters. The fraction of sp³-hybridized carbons (Fsp3) is 0.235. The maximum atomic E-state index is 12.6. The Labute approximate surface area is 368 Å². The number of benzene rings is 6. The van der Waals surface area contributed by atoms with Crippen molar-refractivity contribution in [1.82, 2.24) is 0 Å².